The molecule has 1 aromatic rings. The third kappa shape index (κ3) is 3.90. The van der Waals surface area contributed by atoms with Crippen LogP contribution in [0.4, 0.5) is 4.79 Å². The Morgan fingerprint density at radius 3 is 2.65 bits per heavy atom. The highest BCUT2D eigenvalue weighted by atomic mass is 32.2. The van der Waals surface area contributed by atoms with E-state index in [1.165, 1.54) is 0 Å². The molecule has 1 saturated heterocycles. The highest BCUT2D eigenvalue weighted by Gasteiger charge is 2.19. The average Bonchev–Trinajstić information content (AvgIpc) is 2.92. The predicted molar refractivity (Wildman–Crippen MR) is 79.1 cm³/mol. The highest BCUT2D eigenvalue weighted by Crippen LogP contribution is 2.17. The number of thioether (sulfide) groups is 1. The van der Waals surface area contributed by atoms with Crippen LogP contribution in [0.2, 0.25) is 0 Å². The van der Waals surface area contributed by atoms with Crippen LogP contribution in [0, 0.1) is 0 Å². The number of carbonyl (C=O) groups excluding carboxylic acids is 1. The first-order valence-corrected chi connectivity index (χ1v) is 7.63. The van der Waals surface area contributed by atoms with Crippen molar-refractivity contribution in [2.45, 2.75) is 19.0 Å². The van der Waals surface area contributed by atoms with E-state index < -0.39 is 5.97 Å². The number of carboxylic acid groups (broad SMARTS) is 1. The van der Waals surface area contributed by atoms with Crippen molar-refractivity contribution >= 4 is 23.8 Å². The maximum atomic E-state index is 12.0. The van der Waals surface area contributed by atoms with Crippen molar-refractivity contribution < 1.29 is 14.7 Å². The topological polar surface area (TPSA) is 69.6 Å². The SMILES string of the molecule is CN(Cc1ccc(C(=O)O)cc1)C(=O)NC1CCSC1. The number of urea groups is 1. The van der Waals surface area contributed by atoms with Crippen LogP contribution in [0.1, 0.15) is 22.3 Å². The molecule has 0 spiro atoms. The van der Waals surface area contributed by atoms with Crippen molar-refractivity contribution in [1.29, 1.82) is 0 Å². The Morgan fingerprint density at radius 2 is 2.10 bits per heavy atom. The fourth-order valence-electron chi connectivity index (χ4n) is 2.03. The zero-order valence-corrected chi connectivity index (χ0v) is 12.2. The van der Waals surface area contributed by atoms with E-state index in [0.717, 1.165) is 23.5 Å². The molecule has 1 atom stereocenters. The number of carboxylic acids is 1. The maximum absolute atomic E-state index is 12.0. The first-order valence-electron chi connectivity index (χ1n) is 6.48. The number of rotatable bonds is 4. The molecule has 6 heteroatoms. The minimum atomic E-state index is -0.943. The molecule has 1 fully saturated rings. The summed E-state index contributed by atoms with van der Waals surface area (Å²) < 4.78 is 0. The van der Waals surface area contributed by atoms with E-state index in [4.69, 9.17) is 5.11 Å². The molecule has 2 rings (SSSR count). The third-order valence-electron chi connectivity index (χ3n) is 3.22. The number of benzene rings is 1. The molecule has 20 heavy (non-hydrogen) atoms. The van der Waals surface area contributed by atoms with E-state index in [9.17, 15) is 9.59 Å². The average molecular weight is 294 g/mol. The van der Waals surface area contributed by atoms with Gasteiger partial charge in [0.25, 0.3) is 0 Å². The number of aromatic carboxylic acids is 1. The molecule has 0 bridgehead atoms. The van der Waals surface area contributed by atoms with Crippen LogP contribution in [0.15, 0.2) is 24.3 Å². The largest absolute Gasteiger partial charge is 0.478 e. The Balaban J connectivity index is 1.87. The molecule has 0 saturated carbocycles. The number of nitrogens with zero attached hydrogens (tertiary/aromatic N) is 1. The molecule has 1 aliphatic rings. The van der Waals surface area contributed by atoms with E-state index in [1.54, 1.807) is 36.2 Å². The normalized spacial score (nSPS) is 17.8. The van der Waals surface area contributed by atoms with E-state index in [0.29, 0.717) is 6.54 Å². The summed E-state index contributed by atoms with van der Waals surface area (Å²) in [5, 5.41) is 11.8. The van der Waals surface area contributed by atoms with Crippen LogP contribution < -0.4 is 5.32 Å². The zero-order chi connectivity index (χ0) is 14.5. The summed E-state index contributed by atoms with van der Waals surface area (Å²) in [4.78, 5) is 24.4. The Bertz CT molecular complexity index is 484. The lowest BCUT2D eigenvalue weighted by molar-refractivity contribution is 0.0697. The van der Waals surface area contributed by atoms with Gasteiger partial charge in [-0.05, 0) is 29.9 Å². The lowest BCUT2D eigenvalue weighted by Crippen LogP contribution is -2.42. The molecule has 0 aliphatic carbocycles. The van der Waals surface area contributed by atoms with Crippen molar-refractivity contribution in [3.63, 3.8) is 0 Å². The fraction of sp³-hybridized carbons (Fsp3) is 0.429. The van der Waals surface area contributed by atoms with E-state index >= 15 is 0 Å². The number of nitrogens with one attached hydrogen (secondary N) is 1. The summed E-state index contributed by atoms with van der Waals surface area (Å²) in [6.45, 7) is 0.464. The number of amides is 2. The summed E-state index contributed by atoms with van der Waals surface area (Å²) >= 11 is 1.86. The highest BCUT2D eigenvalue weighted by molar-refractivity contribution is 7.99. The molecule has 1 aromatic carbocycles. The lowest BCUT2D eigenvalue weighted by Gasteiger charge is -2.20. The predicted octanol–water partition coefficient (Wildman–Crippen LogP) is 2.03. The van der Waals surface area contributed by atoms with Crippen LogP contribution in [0.5, 0.6) is 0 Å². The minimum absolute atomic E-state index is 0.0835. The molecule has 0 radical (unpaired) electrons. The second-order valence-corrected chi connectivity index (χ2v) is 6.02. The lowest BCUT2D eigenvalue weighted by atomic mass is 10.1. The van der Waals surface area contributed by atoms with Gasteiger partial charge >= 0.3 is 12.0 Å². The second kappa shape index (κ2) is 6.65. The molecule has 1 aliphatic heterocycles. The van der Waals surface area contributed by atoms with E-state index in [-0.39, 0.29) is 17.6 Å². The Labute approximate surface area is 122 Å². The van der Waals surface area contributed by atoms with Crippen molar-refractivity contribution in [2.75, 3.05) is 18.6 Å². The van der Waals surface area contributed by atoms with Crippen LogP contribution in [0.25, 0.3) is 0 Å². The van der Waals surface area contributed by atoms with Crippen molar-refractivity contribution in [1.82, 2.24) is 10.2 Å². The van der Waals surface area contributed by atoms with Crippen molar-refractivity contribution in [2.24, 2.45) is 0 Å². The standard InChI is InChI=1S/C14H18N2O3S/c1-16(14(19)15-12-6-7-20-9-12)8-10-2-4-11(5-3-10)13(17)18/h2-5,12H,6-9H2,1H3,(H,15,19)(H,17,18). The van der Waals surface area contributed by atoms with E-state index in [1.807, 2.05) is 11.8 Å². The molecular weight excluding hydrogens is 276 g/mol. The number of carbonyl (C=O) groups is 2. The zero-order valence-electron chi connectivity index (χ0n) is 11.3. The quantitative estimate of drug-likeness (QED) is 0.891. The van der Waals surface area contributed by atoms with Crippen LogP contribution in [0.3, 0.4) is 0 Å². The molecule has 5 nitrogen and oxygen atoms in total. The second-order valence-electron chi connectivity index (χ2n) is 4.87. The van der Waals surface area contributed by atoms with Gasteiger partial charge in [0.2, 0.25) is 0 Å². The van der Waals surface area contributed by atoms with Gasteiger partial charge in [-0.2, -0.15) is 11.8 Å². The van der Waals surface area contributed by atoms with Crippen molar-refractivity contribution in [3.05, 3.63) is 35.4 Å². The molecule has 1 unspecified atom stereocenters. The van der Waals surface area contributed by atoms with Gasteiger partial charge in [0.1, 0.15) is 0 Å². The smallest absolute Gasteiger partial charge is 0.335 e. The molecule has 108 valence electrons. The van der Waals surface area contributed by atoms with Crippen LogP contribution in [-0.4, -0.2) is 46.6 Å². The first-order chi connectivity index (χ1) is 9.56. The Hall–Kier alpha value is -1.69. The minimum Gasteiger partial charge on any atom is -0.478 e. The molecule has 2 N–H and O–H groups in total. The van der Waals surface area contributed by atoms with Crippen molar-refractivity contribution in [3.8, 4) is 0 Å². The van der Waals surface area contributed by atoms with E-state index in [2.05, 4.69) is 5.32 Å². The molecule has 2 amide bonds. The summed E-state index contributed by atoms with van der Waals surface area (Å²) in [7, 11) is 1.74. The molecule has 0 aromatic heterocycles. The van der Waals surface area contributed by atoms with Gasteiger partial charge in [-0.25, -0.2) is 9.59 Å². The van der Waals surface area contributed by atoms with Gasteiger partial charge in [0.05, 0.1) is 5.56 Å². The maximum Gasteiger partial charge on any atom is 0.335 e. The van der Waals surface area contributed by atoms with Gasteiger partial charge in [-0.3, -0.25) is 0 Å². The third-order valence-corrected chi connectivity index (χ3v) is 4.39. The monoisotopic (exact) mass is 294 g/mol. The van der Waals surface area contributed by atoms with Crippen LogP contribution >= 0.6 is 11.8 Å². The van der Waals surface area contributed by atoms with Gasteiger partial charge in [-0.1, -0.05) is 12.1 Å². The summed E-state index contributed by atoms with van der Waals surface area (Å²) in [5.41, 5.74) is 1.16. The van der Waals surface area contributed by atoms with Gasteiger partial charge in [0, 0.05) is 25.4 Å². The summed E-state index contributed by atoms with van der Waals surface area (Å²) in [6, 6.07) is 6.76. The number of hydrogen-bond donors (Lipinski definition) is 2. The Kier molecular flexibility index (Phi) is 4.89. The summed E-state index contributed by atoms with van der Waals surface area (Å²) in [5.74, 6) is 1.14. The number of hydrogen-bond acceptors (Lipinski definition) is 3. The molecule has 1 heterocycles. The van der Waals surface area contributed by atoms with Crippen LogP contribution in [-0.2, 0) is 6.54 Å². The first kappa shape index (κ1) is 14.7. The molecular formula is C14H18N2O3S. The Morgan fingerprint density at radius 1 is 1.40 bits per heavy atom. The van der Waals surface area contributed by atoms with Gasteiger partial charge in [-0.15, -0.1) is 0 Å². The fourth-order valence-corrected chi connectivity index (χ4v) is 3.18. The van der Waals surface area contributed by atoms with Gasteiger partial charge in [0.15, 0.2) is 0 Å². The van der Waals surface area contributed by atoms with Gasteiger partial charge < -0.3 is 15.3 Å². The summed E-state index contributed by atoms with van der Waals surface area (Å²) in [6.07, 6.45) is 1.03.